The highest BCUT2D eigenvalue weighted by Crippen LogP contribution is 2.38. The van der Waals surface area contributed by atoms with Crippen molar-refractivity contribution in [1.29, 1.82) is 0 Å². The normalized spacial score (nSPS) is 18.1. The van der Waals surface area contributed by atoms with E-state index in [2.05, 4.69) is 11.1 Å². The third-order valence-corrected chi connectivity index (χ3v) is 4.59. The van der Waals surface area contributed by atoms with Gasteiger partial charge in [0.2, 0.25) is 0 Å². The van der Waals surface area contributed by atoms with Crippen molar-refractivity contribution in [2.45, 2.75) is 5.25 Å². The molecule has 2 aromatic rings. The van der Waals surface area contributed by atoms with Gasteiger partial charge in [-0.1, -0.05) is 59.2 Å². The molecule has 21 heavy (non-hydrogen) atoms. The lowest BCUT2D eigenvalue weighted by molar-refractivity contribution is 1.22. The Kier molecular flexibility index (Phi) is 4.24. The molecule has 0 saturated heterocycles. The summed E-state index contributed by atoms with van der Waals surface area (Å²) >= 11 is 13.5. The molecular weight excluding hydrogens is 323 g/mol. The van der Waals surface area contributed by atoms with E-state index in [4.69, 9.17) is 28.9 Å². The van der Waals surface area contributed by atoms with E-state index < -0.39 is 0 Å². The van der Waals surface area contributed by atoms with Crippen LogP contribution >= 0.6 is 35.0 Å². The SMILES string of the molecule is NC1=NC(c2ccc(Cl)cc2)=CC(c2cccc(Cl)c2)S1. The van der Waals surface area contributed by atoms with Gasteiger partial charge in [0.25, 0.3) is 0 Å². The van der Waals surface area contributed by atoms with Gasteiger partial charge in [-0.2, -0.15) is 0 Å². The van der Waals surface area contributed by atoms with Crippen molar-refractivity contribution >= 4 is 45.8 Å². The van der Waals surface area contributed by atoms with Crippen molar-refractivity contribution in [2.24, 2.45) is 10.7 Å². The number of nitrogens with two attached hydrogens (primary N) is 1. The first-order chi connectivity index (χ1) is 10.1. The number of thioether (sulfide) groups is 1. The Morgan fingerprint density at radius 3 is 2.48 bits per heavy atom. The molecule has 106 valence electrons. The van der Waals surface area contributed by atoms with Crippen LogP contribution < -0.4 is 5.73 Å². The van der Waals surface area contributed by atoms with Gasteiger partial charge in [-0.25, -0.2) is 4.99 Å². The Hall–Kier alpha value is -1.42. The maximum absolute atomic E-state index is 6.07. The molecule has 0 aromatic heterocycles. The van der Waals surface area contributed by atoms with Gasteiger partial charge in [0, 0.05) is 15.6 Å². The van der Waals surface area contributed by atoms with E-state index in [0.29, 0.717) is 10.2 Å². The van der Waals surface area contributed by atoms with Gasteiger partial charge in [-0.05, 0) is 35.9 Å². The van der Waals surface area contributed by atoms with Crippen molar-refractivity contribution in [3.63, 3.8) is 0 Å². The zero-order chi connectivity index (χ0) is 14.8. The molecule has 1 heterocycles. The third kappa shape index (κ3) is 3.43. The van der Waals surface area contributed by atoms with Crippen molar-refractivity contribution in [2.75, 3.05) is 0 Å². The highest BCUT2D eigenvalue weighted by molar-refractivity contribution is 8.14. The van der Waals surface area contributed by atoms with Crippen molar-refractivity contribution in [3.8, 4) is 0 Å². The molecule has 0 aliphatic carbocycles. The van der Waals surface area contributed by atoms with E-state index >= 15 is 0 Å². The van der Waals surface area contributed by atoms with Crippen LogP contribution in [0.5, 0.6) is 0 Å². The molecule has 0 fully saturated rings. The molecule has 0 radical (unpaired) electrons. The largest absolute Gasteiger partial charge is 0.378 e. The fourth-order valence-electron chi connectivity index (χ4n) is 2.12. The topological polar surface area (TPSA) is 38.4 Å². The molecule has 0 spiro atoms. The number of benzene rings is 2. The minimum Gasteiger partial charge on any atom is -0.378 e. The highest BCUT2D eigenvalue weighted by Gasteiger charge is 2.18. The summed E-state index contributed by atoms with van der Waals surface area (Å²) in [6, 6.07) is 15.4. The first kappa shape index (κ1) is 14.5. The van der Waals surface area contributed by atoms with E-state index in [1.165, 1.54) is 11.8 Å². The summed E-state index contributed by atoms with van der Waals surface area (Å²) in [6.45, 7) is 0. The maximum atomic E-state index is 6.07. The number of hydrogen-bond donors (Lipinski definition) is 1. The molecular formula is C16H12Cl2N2S. The summed E-state index contributed by atoms with van der Waals surface area (Å²) in [7, 11) is 0. The summed E-state index contributed by atoms with van der Waals surface area (Å²) in [5.41, 5.74) is 8.93. The van der Waals surface area contributed by atoms with Crippen LogP contribution in [0.15, 0.2) is 59.6 Å². The van der Waals surface area contributed by atoms with E-state index in [9.17, 15) is 0 Å². The fraction of sp³-hybridized carbons (Fsp3) is 0.0625. The van der Waals surface area contributed by atoms with Crippen molar-refractivity contribution < 1.29 is 0 Å². The Morgan fingerprint density at radius 2 is 1.76 bits per heavy atom. The lowest BCUT2D eigenvalue weighted by Gasteiger charge is -2.19. The van der Waals surface area contributed by atoms with Crippen LogP contribution in [0.4, 0.5) is 0 Å². The number of aliphatic imine (C=N–C) groups is 1. The van der Waals surface area contributed by atoms with Crippen LogP contribution in [0.2, 0.25) is 10.0 Å². The minimum atomic E-state index is 0.104. The molecule has 1 aliphatic heterocycles. The standard InChI is InChI=1S/C16H12Cl2N2S/c17-12-6-4-10(5-7-12)14-9-15(21-16(19)20-14)11-2-1-3-13(18)8-11/h1-9,15H,(H2,19,20). The number of rotatable bonds is 2. The lowest BCUT2D eigenvalue weighted by atomic mass is 10.1. The summed E-state index contributed by atoms with van der Waals surface area (Å²) in [6.07, 6.45) is 2.09. The zero-order valence-corrected chi connectivity index (χ0v) is 13.3. The lowest BCUT2D eigenvalue weighted by Crippen LogP contribution is -2.12. The van der Waals surface area contributed by atoms with Gasteiger partial charge in [0.1, 0.15) is 0 Å². The Labute approximate surface area is 137 Å². The molecule has 2 N–H and O–H groups in total. The molecule has 1 unspecified atom stereocenters. The fourth-order valence-corrected chi connectivity index (χ4v) is 3.33. The van der Waals surface area contributed by atoms with Gasteiger partial charge in [-0.3, -0.25) is 0 Å². The Bertz CT molecular complexity index is 723. The second-order valence-electron chi connectivity index (χ2n) is 4.60. The molecule has 5 heteroatoms. The number of hydrogen-bond acceptors (Lipinski definition) is 3. The zero-order valence-electron chi connectivity index (χ0n) is 11.0. The molecule has 0 amide bonds. The van der Waals surface area contributed by atoms with E-state index in [1.807, 2.05) is 48.5 Å². The molecule has 3 rings (SSSR count). The summed E-state index contributed by atoms with van der Waals surface area (Å²) in [5.74, 6) is 0. The second-order valence-corrected chi connectivity index (χ2v) is 6.64. The van der Waals surface area contributed by atoms with Crippen LogP contribution in [-0.4, -0.2) is 5.17 Å². The first-order valence-corrected chi connectivity index (χ1v) is 7.99. The number of nitrogens with zero attached hydrogens (tertiary/aromatic N) is 1. The summed E-state index contributed by atoms with van der Waals surface area (Å²) < 4.78 is 0. The Balaban J connectivity index is 1.98. The molecule has 1 atom stereocenters. The predicted octanol–water partition coefficient (Wildman–Crippen LogP) is 5.14. The Morgan fingerprint density at radius 1 is 1.00 bits per heavy atom. The third-order valence-electron chi connectivity index (χ3n) is 3.10. The van der Waals surface area contributed by atoms with E-state index in [0.717, 1.165) is 21.8 Å². The predicted molar refractivity (Wildman–Crippen MR) is 92.8 cm³/mol. The van der Waals surface area contributed by atoms with Crippen LogP contribution in [0.3, 0.4) is 0 Å². The minimum absolute atomic E-state index is 0.104. The summed E-state index contributed by atoms with van der Waals surface area (Å²) in [4.78, 5) is 4.42. The van der Waals surface area contributed by atoms with Gasteiger partial charge in [-0.15, -0.1) is 0 Å². The van der Waals surface area contributed by atoms with Crippen LogP contribution in [0.25, 0.3) is 5.70 Å². The van der Waals surface area contributed by atoms with Gasteiger partial charge >= 0.3 is 0 Å². The molecule has 1 aliphatic rings. The van der Waals surface area contributed by atoms with Gasteiger partial charge in [0.05, 0.1) is 10.9 Å². The monoisotopic (exact) mass is 334 g/mol. The molecule has 2 aromatic carbocycles. The summed E-state index contributed by atoms with van der Waals surface area (Å²) in [5, 5.41) is 2.07. The van der Waals surface area contributed by atoms with E-state index in [1.54, 1.807) is 0 Å². The highest BCUT2D eigenvalue weighted by atomic mass is 35.5. The molecule has 0 bridgehead atoms. The van der Waals surface area contributed by atoms with E-state index in [-0.39, 0.29) is 5.25 Å². The second kappa shape index (κ2) is 6.14. The van der Waals surface area contributed by atoms with Gasteiger partial charge < -0.3 is 5.73 Å². The molecule has 0 saturated carbocycles. The number of halogens is 2. The van der Waals surface area contributed by atoms with Crippen molar-refractivity contribution in [1.82, 2.24) is 0 Å². The first-order valence-electron chi connectivity index (χ1n) is 6.36. The maximum Gasteiger partial charge on any atom is 0.160 e. The van der Waals surface area contributed by atoms with Gasteiger partial charge in [0.15, 0.2) is 5.17 Å². The molecule has 2 nitrogen and oxygen atoms in total. The average Bonchev–Trinajstić information content (AvgIpc) is 2.47. The van der Waals surface area contributed by atoms with Crippen molar-refractivity contribution in [3.05, 3.63) is 75.8 Å². The van der Waals surface area contributed by atoms with Crippen LogP contribution in [-0.2, 0) is 0 Å². The average molecular weight is 335 g/mol. The van der Waals surface area contributed by atoms with Crippen LogP contribution in [0.1, 0.15) is 16.4 Å². The quantitative estimate of drug-likeness (QED) is 0.825. The smallest absolute Gasteiger partial charge is 0.160 e. The number of amidine groups is 1. The van der Waals surface area contributed by atoms with Crippen LogP contribution in [0, 0.1) is 0 Å².